The lowest BCUT2D eigenvalue weighted by atomic mass is 10.1. The van der Waals surface area contributed by atoms with E-state index in [0.29, 0.717) is 0 Å². The highest BCUT2D eigenvalue weighted by Gasteiger charge is 2.17. The van der Waals surface area contributed by atoms with Gasteiger partial charge in [-0.2, -0.15) is 0 Å². The predicted molar refractivity (Wildman–Crippen MR) is 119 cm³/mol. The summed E-state index contributed by atoms with van der Waals surface area (Å²) in [5.74, 6) is 0.747. The molecular formula is C25H21ClN2O. The van der Waals surface area contributed by atoms with Crippen molar-refractivity contribution in [2.45, 2.75) is 13.0 Å². The first kappa shape index (κ1) is 18.2. The van der Waals surface area contributed by atoms with Gasteiger partial charge < -0.3 is 4.42 Å². The molecule has 0 N–H and O–H groups in total. The van der Waals surface area contributed by atoms with Crippen molar-refractivity contribution in [3.8, 4) is 11.1 Å². The van der Waals surface area contributed by atoms with Crippen LogP contribution in [0.2, 0.25) is 5.02 Å². The van der Waals surface area contributed by atoms with E-state index in [1.165, 1.54) is 16.7 Å². The average Bonchev–Trinajstić information content (AvgIpc) is 3.20. The van der Waals surface area contributed by atoms with Gasteiger partial charge in [0, 0.05) is 30.2 Å². The Bertz CT molecular complexity index is 1160. The summed E-state index contributed by atoms with van der Waals surface area (Å²) in [6, 6.07) is 24.7. The summed E-state index contributed by atoms with van der Waals surface area (Å²) in [4.78, 5) is 7.19. The highest BCUT2D eigenvalue weighted by molar-refractivity contribution is 6.30. The summed E-state index contributed by atoms with van der Waals surface area (Å²) < 4.78 is 6.05. The first-order valence-corrected chi connectivity index (χ1v) is 10.2. The maximum absolute atomic E-state index is 6.05. The van der Waals surface area contributed by atoms with Crippen LogP contribution in [0.5, 0.6) is 0 Å². The summed E-state index contributed by atoms with van der Waals surface area (Å²) in [6.45, 7) is 2.81. The topological polar surface area (TPSA) is 29.3 Å². The minimum Gasteiger partial charge on any atom is -0.436 e. The number of halogens is 1. The summed E-state index contributed by atoms with van der Waals surface area (Å²) in [6.07, 6.45) is 3.17. The lowest BCUT2D eigenvalue weighted by Crippen LogP contribution is -2.28. The Morgan fingerprint density at radius 2 is 1.76 bits per heavy atom. The molecule has 0 amide bonds. The molecule has 4 heteroatoms. The number of fused-ring (bicyclic) bond motifs is 1. The van der Waals surface area contributed by atoms with E-state index in [0.717, 1.165) is 53.6 Å². The van der Waals surface area contributed by atoms with Crippen molar-refractivity contribution in [3.63, 3.8) is 0 Å². The largest absolute Gasteiger partial charge is 0.436 e. The molecule has 0 bridgehead atoms. The van der Waals surface area contributed by atoms with Gasteiger partial charge in [0.2, 0.25) is 5.89 Å². The van der Waals surface area contributed by atoms with Gasteiger partial charge in [0.1, 0.15) is 5.52 Å². The van der Waals surface area contributed by atoms with Crippen molar-refractivity contribution < 1.29 is 4.42 Å². The lowest BCUT2D eigenvalue weighted by molar-refractivity contribution is 0.292. The third-order valence-corrected chi connectivity index (χ3v) is 5.63. The van der Waals surface area contributed by atoms with Gasteiger partial charge in [-0.25, -0.2) is 4.98 Å². The number of benzene rings is 3. The van der Waals surface area contributed by atoms with E-state index in [2.05, 4.69) is 59.5 Å². The minimum atomic E-state index is 0.747. The summed E-state index contributed by atoms with van der Waals surface area (Å²) >= 11 is 5.98. The predicted octanol–water partition coefficient (Wildman–Crippen LogP) is 6.44. The number of hydrogen-bond donors (Lipinski definition) is 0. The van der Waals surface area contributed by atoms with Crippen LogP contribution in [-0.2, 0) is 6.54 Å². The third-order valence-electron chi connectivity index (χ3n) is 5.38. The SMILES string of the molecule is Clc1ccc(CN2CC=C(c3nc4cc(-c5ccccc5)ccc4o3)CC2)cc1. The minimum absolute atomic E-state index is 0.747. The zero-order valence-corrected chi connectivity index (χ0v) is 16.8. The van der Waals surface area contributed by atoms with Gasteiger partial charge >= 0.3 is 0 Å². The number of aromatic nitrogens is 1. The molecule has 0 saturated heterocycles. The molecule has 144 valence electrons. The molecule has 1 aliphatic rings. The first-order valence-electron chi connectivity index (χ1n) is 9.87. The maximum atomic E-state index is 6.05. The Hall–Kier alpha value is -2.88. The fourth-order valence-electron chi connectivity index (χ4n) is 3.77. The van der Waals surface area contributed by atoms with Gasteiger partial charge in [-0.1, -0.05) is 66.2 Å². The second-order valence-corrected chi connectivity index (χ2v) is 7.84. The van der Waals surface area contributed by atoms with Crippen molar-refractivity contribution in [2.24, 2.45) is 0 Å². The standard InChI is InChI=1S/C25H21ClN2O/c26-22-9-6-18(7-10-22)17-28-14-12-20(13-15-28)25-27-23-16-21(8-11-24(23)29-25)19-4-2-1-3-5-19/h1-12,16H,13-15,17H2. The monoisotopic (exact) mass is 400 g/mol. The maximum Gasteiger partial charge on any atom is 0.222 e. The van der Waals surface area contributed by atoms with Crippen LogP contribution in [0, 0.1) is 0 Å². The van der Waals surface area contributed by atoms with Crippen LogP contribution in [0.25, 0.3) is 27.8 Å². The molecule has 0 unspecified atom stereocenters. The number of nitrogens with zero attached hydrogens (tertiary/aromatic N) is 2. The van der Waals surface area contributed by atoms with Crippen LogP contribution in [0.1, 0.15) is 17.9 Å². The van der Waals surface area contributed by atoms with Crippen LogP contribution in [-0.4, -0.2) is 23.0 Å². The number of hydrogen-bond acceptors (Lipinski definition) is 3. The molecule has 0 spiro atoms. The summed E-state index contributed by atoms with van der Waals surface area (Å²) in [5, 5.41) is 0.779. The zero-order chi connectivity index (χ0) is 19.6. The molecule has 0 aliphatic carbocycles. The van der Waals surface area contributed by atoms with E-state index in [9.17, 15) is 0 Å². The van der Waals surface area contributed by atoms with Gasteiger partial charge in [-0.05, 0) is 47.4 Å². The molecule has 0 fully saturated rings. The van der Waals surface area contributed by atoms with Gasteiger partial charge in [0.25, 0.3) is 0 Å². The number of rotatable bonds is 4. The van der Waals surface area contributed by atoms with Gasteiger partial charge in [0.15, 0.2) is 5.58 Å². The Balaban J connectivity index is 1.33. The van der Waals surface area contributed by atoms with E-state index in [1.54, 1.807) is 0 Å². The van der Waals surface area contributed by atoms with Gasteiger partial charge in [-0.3, -0.25) is 4.90 Å². The van der Waals surface area contributed by atoms with Gasteiger partial charge in [0.05, 0.1) is 0 Å². The second kappa shape index (κ2) is 7.86. The van der Waals surface area contributed by atoms with E-state index in [1.807, 2.05) is 24.3 Å². The highest BCUT2D eigenvalue weighted by Crippen LogP contribution is 2.29. The smallest absolute Gasteiger partial charge is 0.222 e. The molecule has 1 aromatic heterocycles. The molecule has 3 aromatic carbocycles. The fraction of sp³-hybridized carbons (Fsp3) is 0.160. The Kier molecular flexibility index (Phi) is 4.92. The van der Waals surface area contributed by atoms with Crippen molar-refractivity contribution in [3.05, 3.63) is 95.3 Å². The molecule has 2 heterocycles. The molecule has 3 nitrogen and oxygen atoms in total. The van der Waals surface area contributed by atoms with Crippen LogP contribution in [0.3, 0.4) is 0 Å². The van der Waals surface area contributed by atoms with Crippen molar-refractivity contribution in [2.75, 3.05) is 13.1 Å². The zero-order valence-electron chi connectivity index (χ0n) is 16.0. The number of oxazole rings is 1. The lowest BCUT2D eigenvalue weighted by Gasteiger charge is -2.25. The highest BCUT2D eigenvalue weighted by atomic mass is 35.5. The Morgan fingerprint density at radius 3 is 2.52 bits per heavy atom. The molecule has 29 heavy (non-hydrogen) atoms. The normalized spacial score (nSPS) is 14.9. The molecule has 1 aliphatic heterocycles. The molecule has 0 saturated carbocycles. The second-order valence-electron chi connectivity index (χ2n) is 7.41. The van der Waals surface area contributed by atoms with E-state index < -0.39 is 0 Å². The Morgan fingerprint density at radius 1 is 0.931 bits per heavy atom. The van der Waals surface area contributed by atoms with Crippen LogP contribution >= 0.6 is 11.6 Å². The molecule has 0 atom stereocenters. The van der Waals surface area contributed by atoms with Crippen molar-refractivity contribution in [1.82, 2.24) is 9.88 Å². The molecule has 4 aromatic rings. The van der Waals surface area contributed by atoms with Crippen LogP contribution in [0.4, 0.5) is 0 Å². The third kappa shape index (κ3) is 3.98. The van der Waals surface area contributed by atoms with Crippen molar-refractivity contribution in [1.29, 1.82) is 0 Å². The molecule has 0 radical (unpaired) electrons. The molecule has 5 rings (SSSR count). The fourth-order valence-corrected chi connectivity index (χ4v) is 3.90. The van der Waals surface area contributed by atoms with E-state index >= 15 is 0 Å². The van der Waals surface area contributed by atoms with Crippen LogP contribution in [0.15, 0.2) is 83.3 Å². The summed E-state index contributed by atoms with van der Waals surface area (Å²) in [5.41, 5.74) is 6.56. The summed E-state index contributed by atoms with van der Waals surface area (Å²) in [7, 11) is 0. The average molecular weight is 401 g/mol. The van der Waals surface area contributed by atoms with E-state index in [-0.39, 0.29) is 0 Å². The molecular weight excluding hydrogens is 380 g/mol. The van der Waals surface area contributed by atoms with Crippen molar-refractivity contribution >= 4 is 28.3 Å². The van der Waals surface area contributed by atoms with Gasteiger partial charge in [-0.15, -0.1) is 0 Å². The van der Waals surface area contributed by atoms with E-state index in [4.69, 9.17) is 21.0 Å². The Labute approximate surface area is 175 Å². The first-order chi connectivity index (χ1) is 14.2. The van der Waals surface area contributed by atoms with Crippen LogP contribution < -0.4 is 0 Å². The quantitative estimate of drug-likeness (QED) is 0.395.